The van der Waals surface area contributed by atoms with Gasteiger partial charge in [-0.25, -0.2) is 0 Å². The summed E-state index contributed by atoms with van der Waals surface area (Å²) in [5.74, 6) is -1.23. The van der Waals surface area contributed by atoms with Gasteiger partial charge in [0, 0.05) is 19.8 Å². The zero-order valence-corrected chi connectivity index (χ0v) is 12.2. The van der Waals surface area contributed by atoms with Crippen molar-refractivity contribution in [2.45, 2.75) is 12.5 Å². The minimum absolute atomic E-state index is 0. The molecular formula is C13H19ClN2O4. The van der Waals surface area contributed by atoms with E-state index in [0.29, 0.717) is 5.69 Å². The van der Waals surface area contributed by atoms with Crippen molar-refractivity contribution >= 4 is 30.0 Å². The maximum atomic E-state index is 11.7. The van der Waals surface area contributed by atoms with E-state index in [9.17, 15) is 9.59 Å². The first-order chi connectivity index (χ1) is 8.95. The molecule has 20 heavy (non-hydrogen) atoms. The molecule has 0 saturated heterocycles. The molecular weight excluding hydrogens is 284 g/mol. The summed E-state index contributed by atoms with van der Waals surface area (Å²) in [4.78, 5) is 23.8. The second-order valence-corrected chi connectivity index (χ2v) is 4.20. The van der Waals surface area contributed by atoms with Crippen LogP contribution >= 0.6 is 12.4 Å². The molecule has 0 aliphatic rings. The first-order valence-electron chi connectivity index (χ1n) is 5.78. The summed E-state index contributed by atoms with van der Waals surface area (Å²) >= 11 is 0. The molecule has 0 fully saturated rings. The van der Waals surface area contributed by atoms with Gasteiger partial charge in [-0.15, -0.1) is 12.4 Å². The van der Waals surface area contributed by atoms with Crippen LogP contribution in [0.15, 0.2) is 24.3 Å². The Morgan fingerprint density at radius 3 is 2.65 bits per heavy atom. The van der Waals surface area contributed by atoms with Crippen molar-refractivity contribution in [3.05, 3.63) is 29.8 Å². The lowest BCUT2D eigenvalue weighted by molar-refractivity contribution is -0.138. The Kier molecular flexibility index (Phi) is 7.83. The summed E-state index contributed by atoms with van der Waals surface area (Å²) in [5.41, 5.74) is 6.93. The van der Waals surface area contributed by atoms with Crippen LogP contribution in [0.25, 0.3) is 0 Å². The number of carbonyl (C=O) groups excluding carboxylic acids is 1. The van der Waals surface area contributed by atoms with Crippen LogP contribution in [-0.2, 0) is 20.7 Å². The third-order valence-corrected chi connectivity index (χ3v) is 2.71. The molecule has 0 saturated carbocycles. The van der Waals surface area contributed by atoms with Crippen LogP contribution in [0, 0.1) is 0 Å². The molecule has 1 atom stereocenters. The maximum Gasteiger partial charge on any atom is 0.320 e. The van der Waals surface area contributed by atoms with Gasteiger partial charge >= 0.3 is 5.97 Å². The van der Waals surface area contributed by atoms with Gasteiger partial charge in [-0.1, -0.05) is 12.1 Å². The van der Waals surface area contributed by atoms with Crippen LogP contribution < -0.4 is 10.6 Å². The van der Waals surface area contributed by atoms with Crippen molar-refractivity contribution in [2.75, 3.05) is 25.7 Å². The quantitative estimate of drug-likeness (QED) is 0.806. The van der Waals surface area contributed by atoms with Crippen molar-refractivity contribution in [1.29, 1.82) is 0 Å². The van der Waals surface area contributed by atoms with Crippen LogP contribution in [0.1, 0.15) is 5.56 Å². The number of anilines is 1. The number of methoxy groups -OCH3 is 1. The summed E-state index contributed by atoms with van der Waals surface area (Å²) in [6, 6.07) is 6.10. The molecule has 6 nitrogen and oxygen atoms in total. The molecule has 0 spiro atoms. The first kappa shape index (κ1) is 18.4. The number of benzene rings is 1. The van der Waals surface area contributed by atoms with E-state index in [2.05, 4.69) is 0 Å². The molecule has 1 aromatic rings. The second-order valence-electron chi connectivity index (χ2n) is 4.20. The van der Waals surface area contributed by atoms with Gasteiger partial charge in [-0.2, -0.15) is 0 Å². The number of hydrogen-bond donors (Lipinski definition) is 2. The summed E-state index contributed by atoms with van der Waals surface area (Å²) < 4.78 is 4.78. The summed E-state index contributed by atoms with van der Waals surface area (Å²) in [7, 11) is 3.09. The lowest BCUT2D eigenvalue weighted by atomic mass is 10.1. The Morgan fingerprint density at radius 1 is 1.45 bits per heavy atom. The molecule has 0 bridgehead atoms. The fraction of sp³-hybridized carbons (Fsp3) is 0.385. The Labute approximate surface area is 123 Å². The maximum absolute atomic E-state index is 11.7. The zero-order valence-electron chi connectivity index (χ0n) is 11.4. The molecule has 1 amide bonds. The molecule has 3 N–H and O–H groups in total. The van der Waals surface area contributed by atoms with Gasteiger partial charge in [0.15, 0.2) is 0 Å². The van der Waals surface area contributed by atoms with Crippen LogP contribution in [-0.4, -0.2) is 43.8 Å². The molecule has 1 aromatic carbocycles. The Hall–Kier alpha value is -1.63. The van der Waals surface area contributed by atoms with Gasteiger partial charge < -0.3 is 20.5 Å². The van der Waals surface area contributed by atoms with E-state index < -0.39 is 12.0 Å². The molecule has 0 heterocycles. The highest BCUT2D eigenvalue weighted by molar-refractivity contribution is 5.93. The SMILES string of the molecule is COCC(=O)N(C)c1cccc(CC(N)C(=O)O)c1.Cl. The normalized spacial score (nSPS) is 11.3. The number of ether oxygens (including phenoxy) is 1. The number of rotatable bonds is 6. The van der Waals surface area contributed by atoms with E-state index >= 15 is 0 Å². The van der Waals surface area contributed by atoms with Gasteiger partial charge in [0.25, 0.3) is 5.91 Å². The van der Waals surface area contributed by atoms with Gasteiger partial charge in [0.2, 0.25) is 0 Å². The van der Waals surface area contributed by atoms with Crippen molar-refractivity contribution < 1.29 is 19.4 Å². The lowest BCUT2D eigenvalue weighted by Crippen LogP contribution is -2.32. The van der Waals surface area contributed by atoms with E-state index in [1.54, 1.807) is 31.3 Å². The highest BCUT2D eigenvalue weighted by Gasteiger charge is 2.14. The lowest BCUT2D eigenvalue weighted by Gasteiger charge is -2.18. The number of hydrogen-bond acceptors (Lipinski definition) is 4. The second kappa shape index (κ2) is 8.52. The summed E-state index contributed by atoms with van der Waals surface area (Å²) in [6.45, 7) is -0.00460. The van der Waals surface area contributed by atoms with Crippen LogP contribution in [0.5, 0.6) is 0 Å². The number of carbonyl (C=O) groups is 2. The Balaban J connectivity index is 0.00000361. The predicted octanol–water partition coefficient (Wildman–Crippen LogP) is 0.672. The predicted molar refractivity (Wildman–Crippen MR) is 78.3 cm³/mol. The van der Waals surface area contributed by atoms with Gasteiger partial charge in [0.05, 0.1) is 0 Å². The third kappa shape index (κ3) is 5.16. The van der Waals surface area contributed by atoms with Gasteiger partial charge in [-0.05, 0) is 24.1 Å². The fourth-order valence-electron chi connectivity index (χ4n) is 1.60. The van der Waals surface area contributed by atoms with Crippen molar-refractivity contribution in [2.24, 2.45) is 5.73 Å². The van der Waals surface area contributed by atoms with Crippen LogP contribution in [0.3, 0.4) is 0 Å². The van der Waals surface area contributed by atoms with Crippen molar-refractivity contribution in [3.8, 4) is 0 Å². The molecule has 112 valence electrons. The number of likely N-dealkylation sites (N-methyl/N-ethyl adjacent to an activating group) is 1. The minimum Gasteiger partial charge on any atom is -0.480 e. The number of nitrogens with zero attached hydrogens (tertiary/aromatic N) is 1. The number of carboxylic acids is 1. The number of halogens is 1. The largest absolute Gasteiger partial charge is 0.480 e. The highest BCUT2D eigenvalue weighted by Crippen LogP contribution is 2.16. The van der Waals surface area contributed by atoms with Gasteiger partial charge in [-0.3, -0.25) is 9.59 Å². The van der Waals surface area contributed by atoms with E-state index in [1.165, 1.54) is 12.0 Å². The minimum atomic E-state index is -1.05. The number of amides is 1. The fourth-order valence-corrected chi connectivity index (χ4v) is 1.60. The van der Waals surface area contributed by atoms with E-state index in [1.807, 2.05) is 0 Å². The van der Waals surface area contributed by atoms with Crippen molar-refractivity contribution in [3.63, 3.8) is 0 Å². The number of aliphatic carboxylic acids is 1. The molecule has 0 radical (unpaired) electrons. The summed E-state index contributed by atoms with van der Waals surface area (Å²) in [5, 5.41) is 8.77. The number of nitrogens with two attached hydrogens (primary N) is 1. The number of carboxylic acid groups (broad SMARTS) is 1. The molecule has 1 unspecified atom stereocenters. The molecule has 0 aliphatic heterocycles. The Bertz CT molecular complexity index is 467. The average Bonchev–Trinajstić information content (AvgIpc) is 2.38. The summed E-state index contributed by atoms with van der Waals surface area (Å²) in [6.07, 6.45) is 0.218. The molecule has 0 aliphatic carbocycles. The monoisotopic (exact) mass is 302 g/mol. The zero-order chi connectivity index (χ0) is 14.4. The van der Waals surface area contributed by atoms with Gasteiger partial charge in [0.1, 0.15) is 12.6 Å². The highest BCUT2D eigenvalue weighted by atomic mass is 35.5. The van der Waals surface area contributed by atoms with Crippen LogP contribution in [0.4, 0.5) is 5.69 Å². The topological polar surface area (TPSA) is 92.9 Å². The van der Waals surface area contributed by atoms with Crippen LogP contribution in [0.2, 0.25) is 0 Å². The van der Waals surface area contributed by atoms with E-state index in [4.69, 9.17) is 15.6 Å². The van der Waals surface area contributed by atoms with E-state index in [0.717, 1.165) is 5.56 Å². The molecule has 0 aromatic heterocycles. The molecule has 1 rings (SSSR count). The molecule has 7 heteroatoms. The standard InChI is InChI=1S/C13H18N2O4.ClH/c1-15(12(16)8-19-2)10-5-3-4-9(6-10)7-11(14)13(17)18;/h3-6,11H,7-8,14H2,1-2H3,(H,17,18);1H. The smallest absolute Gasteiger partial charge is 0.320 e. The van der Waals surface area contributed by atoms with Crippen molar-refractivity contribution in [1.82, 2.24) is 0 Å². The first-order valence-corrected chi connectivity index (χ1v) is 5.78. The third-order valence-electron chi connectivity index (χ3n) is 2.71. The van der Waals surface area contributed by atoms with E-state index in [-0.39, 0.29) is 31.3 Å². The Morgan fingerprint density at radius 2 is 2.10 bits per heavy atom. The average molecular weight is 303 g/mol.